The second-order valence-corrected chi connectivity index (χ2v) is 8.45. The maximum absolute atomic E-state index is 9.46. The molecule has 136 valence electrons. The van der Waals surface area contributed by atoms with E-state index in [0.717, 1.165) is 63.2 Å². The Bertz CT molecular complexity index is 284. The Kier molecular flexibility index (Phi) is 7.33. The van der Waals surface area contributed by atoms with E-state index < -0.39 is 0 Å². The summed E-state index contributed by atoms with van der Waals surface area (Å²) in [6.45, 7) is 0.483. The van der Waals surface area contributed by atoms with Gasteiger partial charge in [0, 0.05) is 10.8 Å². The van der Waals surface area contributed by atoms with Gasteiger partial charge in [-0.1, -0.05) is 19.3 Å². The van der Waals surface area contributed by atoms with Gasteiger partial charge in [0.05, 0.1) is 26.4 Å². The van der Waals surface area contributed by atoms with Crippen LogP contribution in [-0.2, 0) is 0 Å². The van der Waals surface area contributed by atoms with E-state index in [9.17, 15) is 20.4 Å². The lowest BCUT2D eigenvalue weighted by atomic mass is 9.69. The quantitative estimate of drug-likeness (QED) is 0.552. The second kappa shape index (κ2) is 8.80. The minimum atomic E-state index is -0.211. The molecule has 0 saturated heterocycles. The second-order valence-electron chi connectivity index (χ2n) is 8.45. The highest BCUT2D eigenvalue weighted by Gasteiger charge is 2.35. The summed E-state index contributed by atoms with van der Waals surface area (Å²) in [6.07, 6.45) is 12.2. The van der Waals surface area contributed by atoms with Gasteiger partial charge in [0.1, 0.15) is 0 Å². The smallest absolute Gasteiger partial charge is 0.0509 e. The van der Waals surface area contributed by atoms with Crippen molar-refractivity contribution in [2.24, 2.45) is 22.7 Å². The van der Waals surface area contributed by atoms with E-state index >= 15 is 0 Å². The van der Waals surface area contributed by atoms with E-state index in [1.807, 2.05) is 0 Å². The Hall–Kier alpha value is -0.160. The van der Waals surface area contributed by atoms with E-state index in [4.69, 9.17) is 0 Å². The van der Waals surface area contributed by atoms with Crippen molar-refractivity contribution in [3.05, 3.63) is 0 Å². The zero-order valence-corrected chi connectivity index (χ0v) is 14.6. The van der Waals surface area contributed by atoms with E-state index in [1.54, 1.807) is 0 Å². The Morgan fingerprint density at radius 2 is 0.870 bits per heavy atom. The molecule has 0 aromatic heterocycles. The molecule has 0 spiro atoms. The zero-order chi connectivity index (χ0) is 16.8. The molecule has 4 N–H and O–H groups in total. The predicted octanol–water partition coefficient (Wildman–Crippen LogP) is 2.48. The van der Waals surface area contributed by atoms with Gasteiger partial charge in [-0.3, -0.25) is 0 Å². The van der Waals surface area contributed by atoms with Gasteiger partial charge in [0.25, 0.3) is 0 Å². The van der Waals surface area contributed by atoms with Crippen molar-refractivity contribution in [3.63, 3.8) is 0 Å². The van der Waals surface area contributed by atoms with E-state index in [0.29, 0.717) is 0 Å². The molecule has 2 rings (SSSR count). The Morgan fingerprint density at radius 3 is 1.13 bits per heavy atom. The first-order chi connectivity index (χ1) is 11.1. The van der Waals surface area contributed by atoms with Gasteiger partial charge in [0.15, 0.2) is 0 Å². The minimum Gasteiger partial charge on any atom is -0.396 e. The lowest BCUT2D eigenvalue weighted by molar-refractivity contribution is 0.00625. The molecule has 23 heavy (non-hydrogen) atoms. The number of aliphatic hydroxyl groups excluding tert-OH is 4. The van der Waals surface area contributed by atoms with Crippen molar-refractivity contribution in [2.75, 3.05) is 26.4 Å². The van der Waals surface area contributed by atoms with Crippen molar-refractivity contribution in [2.45, 2.75) is 70.6 Å². The zero-order valence-electron chi connectivity index (χ0n) is 14.6. The summed E-state index contributed by atoms with van der Waals surface area (Å²) in [4.78, 5) is 0. The van der Waals surface area contributed by atoms with Gasteiger partial charge in [0.2, 0.25) is 0 Å². The standard InChI is InChI=1S/C19H36O4/c20-12-18(13-21)8-4-16(5-9-18)2-1-3-17-6-10-19(14-22,15-23)11-7-17/h16-17,20-23H,1-15H2. The summed E-state index contributed by atoms with van der Waals surface area (Å²) >= 11 is 0. The summed E-state index contributed by atoms with van der Waals surface area (Å²) in [6, 6.07) is 0. The molecule has 2 saturated carbocycles. The summed E-state index contributed by atoms with van der Waals surface area (Å²) < 4.78 is 0. The van der Waals surface area contributed by atoms with Crippen molar-refractivity contribution in [3.8, 4) is 0 Å². The molecule has 0 aliphatic heterocycles. The number of aliphatic hydroxyl groups is 4. The maximum Gasteiger partial charge on any atom is 0.0509 e. The highest BCUT2D eigenvalue weighted by Crippen LogP contribution is 2.42. The van der Waals surface area contributed by atoms with Gasteiger partial charge in [-0.05, 0) is 63.2 Å². The molecule has 0 aromatic rings. The van der Waals surface area contributed by atoms with Gasteiger partial charge in [-0.2, -0.15) is 0 Å². The highest BCUT2D eigenvalue weighted by atomic mass is 16.3. The number of rotatable bonds is 8. The summed E-state index contributed by atoms with van der Waals surface area (Å²) in [7, 11) is 0. The van der Waals surface area contributed by atoms with Crippen LogP contribution >= 0.6 is 0 Å². The van der Waals surface area contributed by atoms with E-state index in [1.165, 1.54) is 19.3 Å². The minimum absolute atomic E-state index is 0.121. The largest absolute Gasteiger partial charge is 0.396 e. The van der Waals surface area contributed by atoms with Crippen LogP contribution in [0.1, 0.15) is 70.6 Å². The summed E-state index contributed by atoms with van der Waals surface area (Å²) in [5.74, 6) is 1.53. The van der Waals surface area contributed by atoms with Crippen molar-refractivity contribution in [1.82, 2.24) is 0 Å². The van der Waals surface area contributed by atoms with Gasteiger partial charge < -0.3 is 20.4 Å². The van der Waals surface area contributed by atoms with Crippen LogP contribution in [-0.4, -0.2) is 46.9 Å². The van der Waals surface area contributed by atoms with Crippen molar-refractivity contribution >= 4 is 0 Å². The Labute approximate surface area is 140 Å². The molecule has 0 amide bonds. The Balaban J connectivity index is 1.62. The average Bonchev–Trinajstić information content (AvgIpc) is 2.63. The fraction of sp³-hybridized carbons (Fsp3) is 1.00. The van der Waals surface area contributed by atoms with Crippen molar-refractivity contribution < 1.29 is 20.4 Å². The third-order valence-electron chi connectivity index (χ3n) is 6.90. The monoisotopic (exact) mass is 328 g/mol. The third kappa shape index (κ3) is 4.91. The third-order valence-corrected chi connectivity index (χ3v) is 6.90. The fourth-order valence-electron chi connectivity index (χ4n) is 4.58. The van der Waals surface area contributed by atoms with Crippen LogP contribution < -0.4 is 0 Å². The van der Waals surface area contributed by atoms with Gasteiger partial charge in [-0.25, -0.2) is 0 Å². The Morgan fingerprint density at radius 1 is 0.565 bits per heavy atom. The average molecular weight is 328 g/mol. The number of hydrogen-bond acceptors (Lipinski definition) is 4. The first kappa shape index (κ1) is 19.2. The molecule has 0 atom stereocenters. The molecule has 2 aliphatic carbocycles. The maximum atomic E-state index is 9.46. The van der Waals surface area contributed by atoms with Crippen LogP contribution in [0.3, 0.4) is 0 Å². The molecular formula is C19H36O4. The molecule has 2 fully saturated rings. The lowest BCUT2D eigenvalue weighted by Gasteiger charge is -2.38. The molecule has 0 aromatic carbocycles. The van der Waals surface area contributed by atoms with E-state index in [2.05, 4.69) is 0 Å². The fourth-order valence-corrected chi connectivity index (χ4v) is 4.58. The normalized spacial score (nSPS) is 25.6. The molecule has 0 unspecified atom stereocenters. The van der Waals surface area contributed by atoms with Gasteiger partial charge in [-0.15, -0.1) is 0 Å². The SMILES string of the molecule is OCC1(CO)CCC(CCCC2CCC(CO)(CO)CC2)CC1. The van der Waals surface area contributed by atoms with E-state index in [-0.39, 0.29) is 37.3 Å². The van der Waals surface area contributed by atoms with Crippen LogP contribution in [0.2, 0.25) is 0 Å². The first-order valence-corrected chi connectivity index (χ1v) is 9.54. The van der Waals surface area contributed by atoms with Crippen LogP contribution in [0, 0.1) is 22.7 Å². The molecule has 0 bridgehead atoms. The van der Waals surface area contributed by atoms with Gasteiger partial charge >= 0.3 is 0 Å². The lowest BCUT2D eigenvalue weighted by Crippen LogP contribution is -2.35. The summed E-state index contributed by atoms with van der Waals surface area (Å²) in [5.41, 5.74) is -0.421. The van der Waals surface area contributed by atoms with Crippen molar-refractivity contribution in [1.29, 1.82) is 0 Å². The molecule has 2 aliphatic rings. The van der Waals surface area contributed by atoms with Crippen LogP contribution in [0.25, 0.3) is 0 Å². The summed E-state index contributed by atoms with van der Waals surface area (Å²) in [5, 5.41) is 37.8. The first-order valence-electron chi connectivity index (χ1n) is 9.54. The topological polar surface area (TPSA) is 80.9 Å². The van der Waals surface area contributed by atoms with Crippen LogP contribution in [0.4, 0.5) is 0 Å². The molecule has 0 heterocycles. The molecule has 0 radical (unpaired) electrons. The molecule has 4 nitrogen and oxygen atoms in total. The highest BCUT2D eigenvalue weighted by molar-refractivity contribution is 4.86. The number of hydrogen-bond donors (Lipinski definition) is 4. The van der Waals surface area contributed by atoms with Crippen LogP contribution in [0.15, 0.2) is 0 Å². The van der Waals surface area contributed by atoms with Crippen LogP contribution in [0.5, 0.6) is 0 Å². The molecular weight excluding hydrogens is 292 g/mol. The predicted molar refractivity (Wildman–Crippen MR) is 91.0 cm³/mol. The molecule has 4 heteroatoms.